The van der Waals surface area contributed by atoms with Gasteiger partial charge in [0.2, 0.25) is 0 Å². The first-order chi connectivity index (χ1) is 12.7. The van der Waals surface area contributed by atoms with Gasteiger partial charge in [0.05, 0.1) is 18.2 Å². The van der Waals surface area contributed by atoms with E-state index in [0.29, 0.717) is 0 Å². The largest absolute Gasteiger partial charge is 0.495 e. The summed E-state index contributed by atoms with van der Waals surface area (Å²) in [6, 6.07) is 10.8. The summed E-state index contributed by atoms with van der Waals surface area (Å²) in [5.41, 5.74) is 4.66. The number of hydrogen-bond acceptors (Lipinski definition) is 2. The molecule has 2 aromatic rings. The molecule has 3 rings (SSSR count). The van der Waals surface area contributed by atoms with Gasteiger partial charge in [0.1, 0.15) is 5.75 Å². The van der Waals surface area contributed by atoms with Crippen LogP contribution in [0.4, 0.5) is 0 Å². The molecule has 140 valence electrons. The molecule has 1 N–H and O–H groups in total. The Morgan fingerprint density at radius 1 is 0.963 bits per heavy atom. The molecule has 0 unspecified atom stereocenters. The molecule has 0 spiro atoms. The standard InChI is InChI=1S/C24H26O3/c1-23(2)14-15-24(3,4)20-19(23)13-12-17(21(20)27-5)9-6-16-7-10-18(11-8-16)22(25)26/h7-8,10-13H,14-15H2,1-5H3,(H,25,26). The molecular weight excluding hydrogens is 336 g/mol. The Balaban J connectivity index is 2.07. The molecule has 0 bridgehead atoms. The molecule has 2 aromatic carbocycles. The fraction of sp³-hybridized carbons (Fsp3) is 0.375. The molecule has 0 radical (unpaired) electrons. The van der Waals surface area contributed by atoms with E-state index in [2.05, 4.69) is 45.6 Å². The lowest BCUT2D eigenvalue weighted by atomic mass is 9.62. The highest BCUT2D eigenvalue weighted by atomic mass is 16.5. The van der Waals surface area contributed by atoms with Gasteiger partial charge in [-0.2, -0.15) is 0 Å². The first-order valence-corrected chi connectivity index (χ1v) is 9.23. The Labute approximate surface area is 161 Å². The molecule has 0 saturated carbocycles. The second-order valence-electron chi connectivity index (χ2n) is 8.47. The van der Waals surface area contributed by atoms with Crippen molar-refractivity contribution in [3.05, 3.63) is 64.2 Å². The molecule has 0 fully saturated rings. The van der Waals surface area contributed by atoms with Crippen molar-refractivity contribution < 1.29 is 14.6 Å². The van der Waals surface area contributed by atoms with Gasteiger partial charge in [0.25, 0.3) is 0 Å². The van der Waals surface area contributed by atoms with Gasteiger partial charge >= 0.3 is 5.97 Å². The number of carboxylic acids is 1. The summed E-state index contributed by atoms with van der Waals surface area (Å²) in [6.07, 6.45) is 2.26. The van der Waals surface area contributed by atoms with Crippen molar-refractivity contribution in [2.75, 3.05) is 7.11 Å². The molecule has 0 aromatic heterocycles. The Kier molecular flexibility index (Phi) is 4.78. The van der Waals surface area contributed by atoms with Crippen molar-refractivity contribution in [1.29, 1.82) is 0 Å². The van der Waals surface area contributed by atoms with Crippen LogP contribution in [0, 0.1) is 11.8 Å². The van der Waals surface area contributed by atoms with Crippen LogP contribution in [0.5, 0.6) is 5.75 Å². The Morgan fingerprint density at radius 3 is 2.19 bits per heavy atom. The molecule has 0 amide bonds. The minimum Gasteiger partial charge on any atom is -0.495 e. The van der Waals surface area contributed by atoms with E-state index in [4.69, 9.17) is 9.84 Å². The average molecular weight is 362 g/mol. The number of ether oxygens (including phenoxy) is 1. The van der Waals surface area contributed by atoms with Gasteiger partial charge in [-0.15, -0.1) is 0 Å². The fourth-order valence-electron chi connectivity index (χ4n) is 3.85. The van der Waals surface area contributed by atoms with Crippen molar-refractivity contribution >= 4 is 5.97 Å². The highest BCUT2D eigenvalue weighted by Crippen LogP contribution is 2.50. The molecule has 0 saturated heterocycles. The molecule has 3 nitrogen and oxygen atoms in total. The molecule has 1 aliphatic rings. The third kappa shape index (κ3) is 3.57. The third-order valence-electron chi connectivity index (χ3n) is 5.62. The van der Waals surface area contributed by atoms with E-state index in [1.165, 1.54) is 11.1 Å². The zero-order valence-electron chi connectivity index (χ0n) is 16.6. The Bertz CT molecular complexity index is 938. The van der Waals surface area contributed by atoms with Crippen LogP contribution in [0.1, 0.15) is 73.1 Å². The molecule has 0 heterocycles. The molecular formula is C24H26O3. The molecule has 0 atom stereocenters. The summed E-state index contributed by atoms with van der Waals surface area (Å²) in [5.74, 6) is 6.28. The van der Waals surface area contributed by atoms with E-state index in [9.17, 15) is 4.79 Å². The lowest BCUT2D eigenvalue weighted by molar-refractivity contribution is 0.0697. The summed E-state index contributed by atoms with van der Waals surface area (Å²) in [7, 11) is 1.71. The monoisotopic (exact) mass is 362 g/mol. The normalized spacial score (nSPS) is 16.6. The summed E-state index contributed by atoms with van der Waals surface area (Å²) in [4.78, 5) is 11.0. The molecule has 0 aliphatic heterocycles. The lowest BCUT2D eigenvalue weighted by Gasteiger charge is -2.42. The van der Waals surface area contributed by atoms with Gasteiger partial charge in [-0.25, -0.2) is 4.79 Å². The van der Waals surface area contributed by atoms with Crippen molar-refractivity contribution in [2.24, 2.45) is 0 Å². The average Bonchev–Trinajstić information content (AvgIpc) is 2.63. The SMILES string of the molecule is COc1c(C#Cc2ccc(C(=O)O)cc2)ccc2c1C(C)(C)CCC2(C)C. The predicted octanol–water partition coefficient (Wildman–Crippen LogP) is 5.14. The first kappa shape index (κ1) is 19.0. The van der Waals surface area contributed by atoms with Gasteiger partial charge in [-0.05, 0) is 59.6 Å². The number of carbonyl (C=O) groups is 1. The van der Waals surface area contributed by atoms with Crippen molar-refractivity contribution in [2.45, 2.75) is 51.4 Å². The van der Waals surface area contributed by atoms with Crippen LogP contribution in [0.15, 0.2) is 36.4 Å². The van der Waals surface area contributed by atoms with Gasteiger partial charge < -0.3 is 9.84 Å². The number of hydrogen-bond donors (Lipinski definition) is 1. The second-order valence-corrected chi connectivity index (χ2v) is 8.47. The summed E-state index contributed by atoms with van der Waals surface area (Å²) in [5, 5.41) is 9.00. The van der Waals surface area contributed by atoms with Gasteiger partial charge in [0, 0.05) is 11.1 Å². The maximum absolute atomic E-state index is 11.0. The maximum Gasteiger partial charge on any atom is 0.335 e. The number of carboxylic acid groups (broad SMARTS) is 1. The third-order valence-corrected chi connectivity index (χ3v) is 5.62. The second kappa shape index (κ2) is 6.78. The smallest absolute Gasteiger partial charge is 0.335 e. The van der Waals surface area contributed by atoms with E-state index >= 15 is 0 Å². The lowest BCUT2D eigenvalue weighted by Crippen LogP contribution is -2.34. The van der Waals surface area contributed by atoms with Crippen LogP contribution in [0.25, 0.3) is 0 Å². The Hall–Kier alpha value is -2.73. The van der Waals surface area contributed by atoms with Crippen molar-refractivity contribution in [3.63, 3.8) is 0 Å². The van der Waals surface area contributed by atoms with Crippen LogP contribution in [0.3, 0.4) is 0 Å². The van der Waals surface area contributed by atoms with Crippen LogP contribution in [-0.4, -0.2) is 18.2 Å². The number of fused-ring (bicyclic) bond motifs is 1. The topological polar surface area (TPSA) is 46.5 Å². The van der Waals surface area contributed by atoms with E-state index in [1.54, 1.807) is 31.4 Å². The zero-order valence-corrected chi connectivity index (χ0v) is 16.6. The number of benzene rings is 2. The number of rotatable bonds is 2. The number of aromatic carboxylic acids is 1. The fourth-order valence-corrected chi connectivity index (χ4v) is 3.85. The van der Waals surface area contributed by atoms with Crippen LogP contribution < -0.4 is 4.74 Å². The summed E-state index contributed by atoms with van der Waals surface area (Å²) < 4.78 is 5.83. The van der Waals surface area contributed by atoms with Crippen LogP contribution >= 0.6 is 0 Å². The summed E-state index contributed by atoms with van der Waals surface area (Å²) >= 11 is 0. The van der Waals surface area contributed by atoms with E-state index in [-0.39, 0.29) is 16.4 Å². The highest BCUT2D eigenvalue weighted by molar-refractivity contribution is 5.87. The van der Waals surface area contributed by atoms with Crippen molar-refractivity contribution in [3.8, 4) is 17.6 Å². The van der Waals surface area contributed by atoms with E-state index in [0.717, 1.165) is 29.7 Å². The zero-order chi connectivity index (χ0) is 19.8. The van der Waals surface area contributed by atoms with Gasteiger partial charge in [-0.3, -0.25) is 0 Å². The first-order valence-electron chi connectivity index (χ1n) is 9.23. The predicted molar refractivity (Wildman–Crippen MR) is 108 cm³/mol. The van der Waals surface area contributed by atoms with Crippen LogP contribution in [-0.2, 0) is 10.8 Å². The van der Waals surface area contributed by atoms with Crippen LogP contribution in [0.2, 0.25) is 0 Å². The Morgan fingerprint density at radius 2 is 1.59 bits per heavy atom. The number of methoxy groups -OCH3 is 1. The van der Waals surface area contributed by atoms with Gasteiger partial charge in [0.15, 0.2) is 0 Å². The highest BCUT2D eigenvalue weighted by Gasteiger charge is 2.39. The summed E-state index contributed by atoms with van der Waals surface area (Å²) in [6.45, 7) is 9.11. The molecule has 27 heavy (non-hydrogen) atoms. The van der Waals surface area contributed by atoms with Crippen molar-refractivity contribution in [1.82, 2.24) is 0 Å². The quantitative estimate of drug-likeness (QED) is 0.752. The molecule has 3 heteroatoms. The minimum absolute atomic E-state index is 0.0387. The maximum atomic E-state index is 11.0. The van der Waals surface area contributed by atoms with Gasteiger partial charge in [-0.1, -0.05) is 45.6 Å². The van der Waals surface area contributed by atoms with E-state index < -0.39 is 5.97 Å². The van der Waals surface area contributed by atoms with E-state index in [1.807, 2.05) is 6.07 Å². The molecule has 1 aliphatic carbocycles. The minimum atomic E-state index is -0.935.